The molecule has 26 heavy (non-hydrogen) atoms. The number of nitrogens with one attached hydrogen (secondary N) is 1. The van der Waals surface area contributed by atoms with E-state index in [2.05, 4.69) is 24.4 Å². The molecule has 3 rings (SSSR count). The summed E-state index contributed by atoms with van der Waals surface area (Å²) < 4.78 is 0. The summed E-state index contributed by atoms with van der Waals surface area (Å²) in [5.41, 5.74) is 1.29. The first-order valence-electron chi connectivity index (χ1n) is 9.82. The van der Waals surface area contributed by atoms with E-state index in [4.69, 9.17) is 0 Å². The molecular formula is C21H30N2O3. The summed E-state index contributed by atoms with van der Waals surface area (Å²) in [6.07, 6.45) is 5.60. The van der Waals surface area contributed by atoms with Crippen molar-refractivity contribution in [3.8, 4) is 0 Å². The van der Waals surface area contributed by atoms with Gasteiger partial charge in [0.2, 0.25) is 5.91 Å². The van der Waals surface area contributed by atoms with Gasteiger partial charge in [0.15, 0.2) is 0 Å². The number of carbonyl (C=O) groups excluding carboxylic acids is 1. The molecule has 2 aliphatic rings. The predicted molar refractivity (Wildman–Crippen MR) is 101 cm³/mol. The second-order valence-corrected chi connectivity index (χ2v) is 7.91. The summed E-state index contributed by atoms with van der Waals surface area (Å²) in [6, 6.07) is 9.62. The highest BCUT2D eigenvalue weighted by atomic mass is 16.4. The third kappa shape index (κ3) is 4.09. The summed E-state index contributed by atoms with van der Waals surface area (Å²) in [6.45, 7) is 3.95. The SMILES string of the molecule is CC(CCc1ccccc1)NC(C)C(=O)N1C(C(=O)O)CC2CCCC21. The normalized spacial score (nSPS) is 27.2. The van der Waals surface area contributed by atoms with Crippen molar-refractivity contribution in [2.45, 2.75) is 76.5 Å². The Morgan fingerprint density at radius 1 is 1.23 bits per heavy atom. The molecule has 5 unspecified atom stereocenters. The fourth-order valence-electron chi connectivity index (χ4n) is 4.66. The minimum Gasteiger partial charge on any atom is -0.480 e. The van der Waals surface area contributed by atoms with Crippen molar-refractivity contribution in [2.24, 2.45) is 5.92 Å². The number of rotatable bonds is 7. The van der Waals surface area contributed by atoms with E-state index in [-0.39, 0.29) is 24.0 Å². The van der Waals surface area contributed by atoms with Gasteiger partial charge in [0, 0.05) is 12.1 Å². The summed E-state index contributed by atoms with van der Waals surface area (Å²) in [5, 5.41) is 12.9. The van der Waals surface area contributed by atoms with Crippen LogP contribution in [0.2, 0.25) is 0 Å². The average molecular weight is 358 g/mol. The first-order chi connectivity index (χ1) is 12.5. The molecule has 1 saturated carbocycles. The first-order valence-corrected chi connectivity index (χ1v) is 9.82. The van der Waals surface area contributed by atoms with Gasteiger partial charge in [0.25, 0.3) is 0 Å². The Morgan fingerprint density at radius 3 is 2.65 bits per heavy atom. The number of carboxylic acid groups (broad SMARTS) is 1. The summed E-state index contributed by atoms with van der Waals surface area (Å²) >= 11 is 0. The zero-order chi connectivity index (χ0) is 18.7. The van der Waals surface area contributed by atoms with Crippen LogP contribution in [-0.4, -0.2) is 46.1 Å². The van der Waals surface area contributed by atoms with Crippen LogP contribution in [0.4, 0.5) is 0 Å². The van der Waals surface area contributed by atoms with Crippen LogP contribution < -0.4 is 5.32 Å². The van der Waals surface area contributed by atoms with Crippen LogP contribution in [0.15, 0.2) is 30.3 Å². The number of carbonyl (C=O) groups is 2. The van der Waals surface area contributed by atoms with Gasteiger partial charge in [-0.05, 0) is 57.4 Å². The molecule has 1 aliphatic carbocycles. The van der Waals surface area contributed by atoms with Crippen LogP contribution in [-0.2, 0) is 16.0 Å². The average Bonchev–Trinajstić information content (AvgIpc) is 3.21. The molecule has 2 fully saturated rings. The summed E-state index contributed by atoms with van der Waals surface area (Å²) in [7, 11) is 0. The quantitative estimate of drug-likeness (QED) is 0.786. The second-order valence-electron chi connectivity index (χ2n) is 7.91. The molecule has 5 heteroatoms. The third-order valence-electron chi connectivity index (χ3n) is 5.99. The maximum Gasteiger partial charge on any atom is 0.326 e. The molecule has 1 saturated heterocycles. The molecule has 1 heterocycles. The molecule has 1 aromatic carbocycles. The fraction of sp³-hybridized carbons (Fsp3) is 0.619. The Hall–Kier alpha value is -1.88. The van der Waals surface area contributed by atoms with Crippen molar-refractivity contribution in [1.82, 2.24) is 10.2 Å². The molecule has 5 nitrogen and oxygen atoms in total. The molecule has 1 aromatic rings. The number of carboxylic acids is 1. The Balaban J connectivity index is 1.56. The molecule has 0 aromatic heterocycles. The number of hydrogen-bond donors (Lipinski definition) is 2. The number of benzene rings is 1. The minimum atomic E-state index is -0.864. The van der Waals surface area contributed by atoms with Gasteiger partial charge in [-0.25, -0.2) is 4.79 Å². The van der Waals surface area contributed by atoms with E-state index < -0.39 is 12.0 Å². The minimum absolute atomic E-state index is 0.0571. The zero-order valence-electron chi connectivity index (χ0n) is 15.7. The van der Waals surface area contributed by atoms with E-state index >= 15 is 0 Å². The highest BCUT2D eigenvalue weighted by Gasteiger charge is 2.49. The smallest absolute Gasteiger partial charge is 0.326 e. The Labute approximate surface area is 155 Å². The first kappa shape index (κ1) is 18.9. The molecule has 1 aliphatic heterocycles. The van der Waals surface area contributed by atoms with Crippen molar-refractivity contribution in [3.63, 3.8) is 0 Å². The highest BCUT2D eigenvalue weighted by Crippen LogP contribution is 2.41. The molecule has 0 spiro atoms. The molecule has 2 N–H and O–H groups in total. The molecule has 5 atom stereocenters. The third-order valence-corrected chi connectivity index (χ3v) is 5.99. The summed E-state index contributed by atoms with van der Waals surface area (Å²) in [4.78, 5) is 26.3. The lowest BCUT2D eigenvalue weighted by Crippen LogP contribution is -2.53. The topological polar surface area (TPSA) is 69.6 Å². The maximum atomic E-state index is 13.0. The van der Waals surface area contributed by atoms with E-state index in [9.17, 15) is 14.7 Å². The van der Waals surface area contributed by atoms with Crippen LogP contribution in [0.1, 0.15) is 51.5 Å². The number of aryl methyl sites for hydroxylation is 1. The van der Waals surface area contributed by atoms with Crippen molar-refractivity contribution in [3.05, 3.63) is 35.9 Å². The molecule has 0 radical (unpaired) electrons. The van der Waals surface area contributed by atoms with Gasteiger partial charge in [-0.1, -0.05) is 36.8 Å². The highest BCUT2D eigenvalue weighted by molar-refractivity contribution is 5.88. The number of likely N-dealkylation sites (tertiary alicyclic amines) is 1. The Bertz CT molecular complexity index is 633. The van der Waals surface area contributed by atoms with Gasteiger partial charge in [-0.3, -0.25) is 4.79 Å². The van der Waals surface area contributed by atoms with Gasteiger partial charge in [0.1, 0.15) is 6.04 Å². The molecule has 0 bridgehead atoms. The number of aliphatic carboxylic acids is 1. The molecular weight excluding hydrogens is 328 g/mol. The lowest BCUT2D eigenvalue weighted by molar-refractivity contribution is -0.150. The number of amides is 1. The predicted octanol–water partition coefficient (Wildman–Crippen LogP) is 2.84. The van der Waals surface area contributed by atoms with Gasteiger partial charge in [-0.15, -0.1) is 0 Å². The van der Waals surface area contributed by atoms with E-state index in [0.29, 0.717) is 12.3 Å². The zero-order valence-corrected chi connectivity index (χ0v) is 15.7. The van der Waals surface area contributed by atoms with Crippen molar-refractivity contribution in [2.75, 3.05) is 0 Å². The summed E-state index contributed by atoms with van der Waals surface area (Å²) in [5.74, 6) is -0.557. The van der Waals surface area contributed by atoms with E-state index in [1.807, 2.05) is 25.1 Å². The van der Waals surface area contributed by atoms with Crippen LogP contribution >= 0.6 is 0 Å². The van der Waals surface area contributed by atoms with Crippen molar-refractivity contribution >= 4 is 11.9 Å². The number of fused-ring (bicyclic) bond motifs is 1. The van der Waals surface area contributed by atoms with Crippen LogP contribution in [0.25, 0.3) is 0 Å². The van der Waals surface area contributed by atoms with Crippen molar-refractivity contribution < 1.29 is 14.7 Å². The molecule has 1 amide bonds. The Kier molecular flexibility index (Phi) is 5.97. The van der Waals surface area contributed by atoms with Crippen LogP contribution in [0.3, 0.4) is 0 Å². The fourth-order valence-corrected chi connectivity index (χ4v) is 4.66. The molecule has 142 valence electrons. The van der Waals surface area contributed by atoms with Gasteiger partial charge in [-0.2, -0.15) is 0 Å². The van der Waals surface area contributed by atoms with Gasteiger partial charge >= 0.3 is 5.97 Å². The lowest BCUT2D eigenvalue weighted by Gasteiger charge is -2.31. The standard InChI is InChI=1S/C21H30N2O3/c1-14(11-12-16-7-4-3-5-8-16)22-15(2)20(24)23-18-10-6-9-17(18)13-19(23)21(25)26/h3-5,7-8,14-15,17-19,22H,6,9-13H2,1-2H3,(H,25,26). The Morgan fingerprint density at radius 2 is 1.96 bits per heavy atom. The van der Waals surface area contributed by atoms with Gasteiger partial charge in [0.05, 0.1) is 6.04 Å². The number of nitrogens with zero attached hydrogens (tertiary/aromatic N) is 1. The van der Waals surface area contributed by atoms with E-state index in [1.165, 1.54) is 5.56 Å². The maximum absolute atomic E-state index is 13.0. The van der Waals surface area contributed by atoms with E-state index in [0.717, 1.165) is 32.1 Å². The second kappa shape index (κ2) is 8.21. The van der Waals surface area contributed by atoms with Crippen LogP contribution in [0.5, 0.6) is 0 Å². The number of hydrogen-bond acceptors (Lipinski definition) is 3. The van der Waals surface area contributed by atoms with E-state index in [1.54, 1.807) is 4.90 Å². The largest absolute Gasteiger partial charge is 0.480 e. The van der Waals surface area contributed by atoms with Gasteiger partial charge < -0.3 is 15.3 Å². The van der Waals surface area contributed by atoms with Crippen molar-refractivity contribution in [1.29, 1.82) is 0 Å². The lowest BCUT2D eigenvalue weighted by atomic mass is 10.0. The van der Waals surface area contributed by atoms with Crippen LogP contribution in [0, 0.1) is 5.92 Å². The monoisotopic (exact) mass is 358 g/mol.